The lowest BCUT2D eigenvalue weighted by atomic mass is 10.2. The summed E-state index contributed by atoms with van der Waals surface area (Å²) in [6, 6.07) is 7.47. The van der Waals surface area contributed by atoms with Gasteiger partial charge in [-0.2, -0.15) is 10.1 Å². The molecule has 1 fully saturated rings. The van der Waals surface area contributed by atoms with Crippen LogP contribution >= 0.6 is 0 Å². The zero-order chi connectivity index (χ0) is 16.8. The summed E-state index contributed by atoms with van der Waals surface area (Å²) in [7, 11) is 1.60. The minimum atomic E-state index is -0.462. The Morgan fingerprint density at radius 2 is 2.12 bits per heavy atom. The Bertz CT molecular complexity index is 719. The monoisotopic (exact) mass is 331 g/mol. The number of benzene rings is 1. The molecule has 3 rings (SSSR count). The van der Waals surface area contributed by atoms with Crippen molar-refractivity contribution in [1.29, 1.82) is 0 Å². The summed E-state index contributed by atoms with van der Waals surface area (Å²) in [5.41, 5.74) is 3.53. The quantitative estimate of drug-likeness (QED) is 0.666. The molecule has 24 heavy (non-hydrogen) atoms. The van der Waals surface area contributed by atoms with Gasteiger partial charge in [-0.25, -0.2) is 14.8 Å². The summed E-state index contributed by atoms with van der Waals surface area (Å²) < 4.78 is 24.5. The van der Waals surface area contributed by atoms with Crippen molar-refractivity contribution in [2.45, 2.75) is 0 Å². The fourth-order valence-corrected chi connectivity index (χ4v) is 2.34. The van der Waals surface area contributed by atoms with Crippen LogP contribution in [0.4, 0.5) is 16.2 Å². The van der Waals surface area contributed by atoms with Gasteiger partial charge in [0.25, 0.3) is 0 Å². The Labute approximate surface area is 139 Å². The van der Waals surface area contributed by atoms with E-state index in [4.69, 9.17) is 9.47 Å². The number of halogens is 1. The lowest BCUT2D eigenvalue weighted by Crippen LogP contribution is -2.37. The molecule has 0 unspecified atom stereocenters. The van der Waals surface area contributed by atoms with Gasteiger partial charge in [0.2, 0.25) is 5.95 Å². The topological polar surface area (TPSA) is 71.9 Å². The standard InChI is InChI=1S/C16H18FN5O2/c1-23-14-5-3-2-4-12(14)10-19-21-16-18-11-13(17)15(20-16)22-6-8-24-9-7-22/h2-5,10-11H,6-9H2,1H3,(H,18,20,21). The molecule has 0 aliphatic carbocycles. The Morgan fingerprint density at radius 3 is 2.92 bits per heavy atom. The molecule has 2 heterocycles. The number of hydrogen-bond donors (Lipinski definition) is 1. The highest BCUT2D eigenvalue weighted by Gasteiger charge is 2.17. The van der Waals surface area contributed by atoms with E-state index in [2.05, 4.69) is 20.5 Å². The van der Waals surface area contributed by atoms with Crippen molar-refractivity contribution in [1.82, 2.24) is 9.97 Å². The highest BCUT2D eigenvalue weighted by Crippen LogP contribution is 2.19. The molecular weight excluding hydrogens is 313 g/mol. The molecule has 0 saturated carbocycles. The number of aromatic nitrogens is 2. The van der Waals surface area contributed by atoms with Gasteiger partial charge < -0.3 is 14.4 Å². The lowest BCUT2D eigenvalue weighted by Gasteiger charge is -2.27. The number of para-hydroxylation sites is 1. The molecule has 0 bridgehead atoms. The van der Waals surface area contributed by atoms with Gasteiger partial charge in [-0.1, -0.05) is 12.1 Å². The zero-order valence-electron chi connectivity index (χ0n) is 13.3. The largest absolute Gasteiger partial charge is 0.496 e. The first-order valence-electron chi connectivity index (χ1n) is 7.55. The molecule has 1 aliphatic heterocycles. The molecular formula is C16H18FN5O2. The van der Waals surface area contributed by atoms with Crippen LogP contribution in [0.25, 0.3) is 0 Å². The summed E-state index contributed by atoms with van der Waals surface area (Å²) in [5.74, 6) is 0.723. The first-order valence-corrected chi connectivity index (χ1v) is 7.55. The summed E-state index contributed by atoms with van der Waals surface area (Å²) >= 11 is 0. The van der Waals surface area contributed by atoms with Crippen molar-refractivity contribution in [2.75, 3.05) is 43.7 Å². The number of methoxy groups -OCH3 is 1. The van der Waals surface area contributed by atoms with Crippen molar-refractivity contribution in [3.8, 4) is 5.75 Å². The first kappa shape index (κ1) is 16.1. The molecule has 1 aromatic carbocycles. The third kappa shape index (κ3) is 3.77. The minimum absolute atomic E-state index is 0.226. The Kier molecular flexibility index (Phi) is 5.17. The molecule has 0 atom stereocenters. The maximum atomic E-state index is 13.9. The lowest BCUT2D eigenvalue weighted by molar-refractivity contribution is 0.122. The van der Waals surface area contributed by atoms with Crippen molar-refractivity contribution in [2.24, 2.45) is 5.10 Å². The van der Waals surface area contributed by atoms with Gasteiger partial charge in [-0.15, -0.1) is 0 Å². The maximum absolute atomic E-state index is 13.9. The molecule has 1 aromatic heterocycles. The molecule has 0 radical (unpaired) electrons. The van der Waals surface area contributed by atoms with E-state index in [1.165, 1.54) is 0 Å². The highest BCUT2D eigenvalue weighted by atomic mass is 19.1. The molecule has 1 saturated heterocycles. The fourth-order valence-electron chi connectivity index (χ4n) is 2.34. The van der Waals surface area contributed by atoms with Crippen LogP contribution in [0.3, 0.4) is 0 Å². The van der Waals surface area contributed by atoms with Gasteiger partial charge in [0.05, 0.1) is 32.7 Å². The molecule has 1 N–H and O–H groups in total. The van der Waals surface area contributed by atoms with Gasteiger partial charge in [0, 0.05) is 18.7 Å². The predicted molar refractivity (Wildman–Crippen MR) is 89.2 cm³/mol. The number of nitrogens with one attached hydrogen (secondary N) is 1. The van der Waals surface area contributed by atoms with Crippen molar-refractivity contribution >= 4 is 18.0 Å². The van der Waals surface area contributed by atoms with Gasteiger partial charge >= 0.3 is 0 Å². The average molecular weight is 331 g/mol. The molecule has 126 valence electrons. The molecule has 7 nitrogen and oxygen atoms in total. The second kappa shape index (κ2) is 7.69. The Hall–Kier alpha value is -2.74. The second-order valence-corrected chi connectivity index (χ2v) is 5.08. The van der Waals surface area contributed by atoms with E-state index >= 15 is 0 Å². The minimum Gasteiger partial charge on any atom is -0.496 e. The van der Waals surface area contributed by atoms with Gasteiger partial charge in [0.1, 0.15) is 5.75 Å². The number of nitrogens with zero attached hydrogens (tertiary/aromatic N) is 4. The predicted octanol–water partition coefficient (Wildman–Crippen LogP) is 1.91. The SMILES string of the molecule is COc1ccccc1C=NNc1ncc(F)c(N2CCOCC2)n1. The normalized spacial score (nSPS) is 14.8. The van der Waals surface area contributed by atoms with Crippen molar-refractivity contribution in [3.05, 3.63) is 41.8 Å². The molecule has 2 aromatic rings. The van der Waals surface area contributed by atoms with Crippen LogP contribution in [0.1, 0.15) is 5.56 Å². The summed E-state index contributed by atoms with van der Waals surface area (Å²) in [5, 5.41) is 4.09. The van der Waals surface area contributed by atoms with Crippen LogP contribution in [0.2, 0.25) is 0 Å². The zero-order valence-corrected chi connectivity index (χ0v) is 13.3. The van der Waals surface area contributed by atoms with Crippen LogP contribution in [0, 0.1) is 5.82 Å². The third-order valence-corrected chi connectivity index (χ3v) is 3.54. The van der Waals surface area contributed by atoms with E-state index in [9.17, 15) is 4.39 Å². The van der Waals surface area contributed by atoms with E-state index in [-0.39, 0.29) is 11.8 Å². The number of hydrogen-bond acceptors (Lipinski definition) is 7. The van der Waals surface area contributed by atoms with Gasteiger partial charge in [0.15, 0.2) is 11.6 Å². The molecule has 0 amide bonds. The average Bonchev–Trinajstić information content (AvgIpc) is 2.64. The van der Waals surface area contributed by atoms with E-state index in [0.717, 1.165) is 11.8 Å². The third-order valence-electron chi connectivity index (χ3n) is 3.54. The van der Waals surface area contributed by atoms with E-state index in [1.807, 2.05) is 29.2 Å². The fraction of sp³-hybridized carbons (Fsp3) is 0.312. The van der Waals surface area contributed by atoms with E-state index < -0.39 is 5.82 Å². The first-order chi connectivity index (χ1) is 11.8. The summed E-state index contributed by atoms with van der Waals surface area (Å²) in [4.78, 5) is 9.93. The summed E-state index contributed by atoms with van der Waals surface area (Å²) in [6.07, 6.45) is 2.73. The molecule has 8 heteroatoms. The van der Waals surface area contributed by atoms with Crippen LogP contribution in [-0.2, 0) is 4.74 Å². The molecule has 1 aliphatic rings. The Morgan fingerprint density at radius 1 is 1.33 bits per heavy atom. The maximum Gasteiger partial charge on any atom is 0.245 e. The van der Waals surface area contributed by atoms with Crippen molar-refractivity contribution < 1.29 is 13.9 Å². The van der Waals surface area contributed by atoms with E-state index in [1.54, 1.807) is 13.3 Å². The van der Waals surface area contributed by atoms with Crippen LogP contribution < -0.4 is 15.1 Å². The van der Waals surface area contributed by atoms with Crippen molar-refractivity contribution in [3.63, 3.8) is 0 Å². The molecule has 0 spiro atoms. The highest BCUT2D eigenvalue weighted by molar-refractivity contribution is 5.83. The number of rotatable bonds is 5. The van der Waals surface area contributed by atoms with E-state index in [0.29, 0.717) is 32.1 Å². The van der Waals surface area contributed by atoms with Crippen LogP contribution in [-0.4, -0.2) is 49.6 Å². The summed E-state index contributed by atoms with van der Waals surface area (Å²) in [6.45, 7) is 2.30. The number of ether oxygens (including phenoxy) is 2. The van der Waals surface area contributed by atoms with Gasteiger partial charge in [-0.05, 0) is 12.1 Å². The smallest absolute Gasteiger partial charge is 0.245 e. The number of anilines is 2. The van der Waals surface area contributed by atoms with Crippen LogP contribution in [0.15, 0.2) is 35.6 Å². The Balaban J connectivity index is 1.72. The number of morpholine rings is 1. The number of hydrazone groups is 1. The second-order valence-electron chi connectivity index (χ2n) is 5.08. The van der Waals surface area contributed by atoms with Gasteiger partial charge in [-0.3, -0.25) is 0 Å². The van der Waals surface area contributed by atoms with Crippen LogP contribution in [0.5, 0.6) is 5.75 Å².